The molecule has 1 rings (SSSR count). The number of nitrogens with zero attached hydrogens (tertiary/aromatic N) is 1. The van der Waals surface area contributed by atoms with Crippen LogP contribution in [0.25, 0.3) is 0 Å². The van der Waals surface area contributed by atoms with Crippen LogP contribution in [-0.2, 0) is 4.79 Å². The molecule has 0 bridgehead atoms. The number of rotatable bonds is 6. The molecule has 0 radical (unpaired) electrons. The Morgan fingerprint density at radius 3 is 2.67 bits per heavy atom. The summed E-state index contributed by atoms with van der Waals surface area (Å²) in [5.74, 6) is -0.0765. The number of hydrogen-bond donors (Lipinski definition) is 2. The first-order chi connectivity index (χ1) is 7.75. The molecule has 1 atom stereocenters. The van der Waals surface area contributed by atoms with Crippen LogP contribution in [0.3, 0.4) is 0 Å². The normalized spacial score (nSPS) is 10.8. The first-order valence-electron chi connectivity index (χ1n) is 5.58. The first-order valence-corrected chi connectivity index (χ1v) is 5.58. The van der Waals surface area contributed by atoms with Crippen molar-refractivity contribution < 1.29 is 4.79 Å². The average molecular weight is 294 g/mol. The van der Waals surface area contributed by atoms with Gasteiger partial charge in [-0.15, -0.1) is 24.8 Å². The number of carbonyl (C=O) groups excluding carboxylic acids is 1. The van der Waals surface area contributed by atoms with E-state index in [1.807, 2.05) is 26.1 Å². The Morgan fingerprint density at radius 1 is 1.39 bits per heavy atom. The van der Waals surface area contributed by atoms with E-state index in [4.69, 9.17) is 0 Å². The highest BCUT2D eigenvalue weighted by molar-refractivity contribution is 5.85. The van der Waals surface area contributed by atoms with Gasteiger partial charge in [0.25, 0.3) is 0 Å². The summed E-state index contributed by atoms with van der Waals surface area (Å²) in [6.45, 7) is 3.52. The molecule has 18 heavy (non-hydrogen) atoms. The van der Waals surface area contributed by atoms with E-state index >= 15 is 0 Å². The standard InChI is InChI=1S/C12H19N3O.2ClH/c1-10(11-5-3-7-14-9-11)12(16)15-8-4-6-13-2;;/h3,5,7,9-10,13H,4,6,8H2,1-2H3,(H,15,16);2*1H. The summed E-state index contributed by atoms with van der Waals surface area (Å²) in [4.78, 5) is 15.8. The Morgan fingerprint density at radius 2 is 2.11 bits per heavy atom. The molecule has 1 aromatic heterocycles. The molecule has 1 unspecified atom stereocenters. The summed E-state index contributed by atoms with van der Waals surface area (Å²) < 4.78 is 0. The predicted molar refractivity (Wildman–Crippen MR) is 78.7 cm³/mol. The van der Waals surface area contributed by atoms with Gasteiger partial charge in [0.15, 0.2) is 0 Å². The number of aromatic nitrogens is 1. The van der Waals surface area contributed by atoms with Crippen molar-refractivity contribution in [1.29, 1.82) is 0 Å². The molecule has 0 aromatic carbocycles. The fraction of sp³-hybridized carbons (Fsp3) is 0.500. The van der Waals surface area contributed by atoms with Crippen LogP contribution in [-0.4, -0.2) is 31.0 Å². The van der Waals surface area contributed by atoms with Gasteiger partial charge in [-0.3, -0.25) is 9.78 Å². The minimum Gasteiger partial charge on any atom is -0.356 e. The van der Waals surface area contributed by atoms with Gasteiger partial charge in [-0.2, -0.15) is 0 Å². The van der Waals surface area contributed by atoms with Crippen LogP contribution in [0.15, 0.2) is 24.5 Å². The van der Waals surface area contributed by atoms with E-state index in [9.17, 15) is 4.79 Å². The van der Waals surface area contributed by atoms with Gasteiger partial charge in [0, 0.05) is 18.9 Å². The zero-order chi connectivity index (χ0) is 11.8. The lowest BCUT2D eigenvalue weighted by molar-refractivity contribution is -0.122. The highest BCUT2D eigenvalue weighted by Crippen LogP contribution is 2.12. The van der Waals surface area contributed by atoms with Crippen molar-refractivity contribution in [1.82, 2.24) is 15.6 Å². The van der Waals surface area contributed by atoms with Crippen LogP contribution < -0.4 is 10.6 Å². The van der Waals surface area contributed by atoms with Crippen molar-refractivity contribution in [3.05, 3.63) is 30.1 Å². The van der Waals surface area contributed by atoms with Crippen molar-refractivity contribution in [3.63, 3.8) is 0 Å². The number of nitrogens with one attached hydrogen (secondary N) is 2. The Balaban J connectivity index is 0. The van der Waals surface area contributed by atoms with Crippen molar-refractivity contribution in [3.8, 4) is 0 Å². The van der Waals surface area contributed by atoms with Crippen LogP contribution in [0, 0.1) is 0 Å². The lowest BCUT2D eigenvalue weighted by atomic mass is 10.0. The summed E-state index contributed by atoms with van der Waals surface area (Å²) in [6, 6.07) is 3.77. The molecule has 104 valence electrons. The fourth-order valence-corrected chi connectivity index (χ4v) is 1.41. The van der Waals surface area contributed by atoms with E-state index in [1.165, 1.54) is 0 Å². The smallest absolute Gasteiger partial charge is 0.227 e. The minimum absolute atomic E-state index is 0. The Bertz CT molecular complexity index is 322. The molecule has 0 saturated heterocycles. The molecule has 6 heteroatoms. The van der Waals surface area contributed by atoms with Crippen LogP contribution in [0.2, 0.25) is 0 Å². The van der Waals surface area contributed by atoms with Crippen molar-refractivity contribution in [2.75, 3.05) is 20.1 Å². The number of pyridine rings is 1. The zero-order valence-corrected chi connectivity index (χ0v) is 12.3. The molecule has 1 heterocycles. The third kappa shape index (κ3) is 6.79. The summed E-state index contributed by atoms with van der Waals surface area (Å²) in [7, 11) is 1.90. The monoisotopic (exact) mass is 293 g/mol. The molecule has 0 aliphatic carbocycles. The highest BCUT2D eigenvalue weighted by atomic mass is 35.5. The van der Waals surface area contributed by atoms with Crippen molar-refractivity contribution in [2.24, 2.45) is 0 Å². The van der Waals surface area contributed by atoms with E-state index < -0.39 is 0 Å². The minimum atomic E-state index is -0.136. The number of hydrogen-bond acceptors (Lipinski definition) is 3. The van der Waals surface area contributed by atoms with Crippen molar-refractivity contribution >= 4 is 30.7 Å². The third-order valence-electron chi connectivity index (χ3n) is 2.48. The van der Waals surface area contributed by atoms with E-state index in [2.05, 4.69) is 15.6 Å². The maximum Gasteiger partial charge on any atom is 0.227 e. The maximum atomic E-state index is 11.7. The second-order valence-electron chi connectivity index (χ2n) is 3.76. The number of halogens is 2. The predicted octanol–water partition coefficient (Wildman–Crippen LogP) is 1.75. The van der Waals surface area contributed by atoms with Gasteiger partial charge in [0.2, 0.25) is 5.91 Å². The van der Waals surface area contributed by atoms with Crippen LogP contribution in [0.1, 0.15) is 24.8 Å². The van der Waals surface area contributed by atoms with Gasteiger partial charge in [-0.1, -0.05) is 6.07 Å². The van der Waals surface area contributed by atoms with Gasteiger partial charge >= 0.3 is 0 Å². The van der Waals surface area contributed by atoms with E-state index in [1.54, 1.807) is 12.4 Å². The van der Waals surface area contributed by atoms with Gasteiger partial charge in [0.1, 0.15) is 0 Å². The van der Waals surface area contributed by atoms with E-state index in [0.717, 1.165) is 18.5 Å². The molecule has 1 aromatic rings. The summed E-state index contributed by atoms with van der Waals surface area (Å²) in [6.07, 6.45) is 4.39. The largest absolute Gasteiger partial charge is 0.356 e. The van der Waals surface area contributed by atoms with Gasteiger partial charge in [0.05, 0.1) is 5.92 Å². The molecule has 1 amide bonds. The van der Waals surface area contributed by atoms with E-state index in [-0.39, 0.29) is 36.6 Å². The second-order valence-corrected chi connectivity index (χ2v) is 3.76. The topological polar surface area (TPSA) is 54.0 Å². The lowest BCUT2D eigenvalue weighted by Gasteiger charge is -2.11. The zero-order valence-electron chi connectivity index (χ0n) is 10.7. The Hall–Kier alpha value is -0.840. The first kappa shape index (κ1) is 19.5. The molecular formula is C12H21Cl2N3O. The maximum absolute atomic E-state index is 11.7. The summed E-state index contributed by atoms with van der Waals surface area (Å²) >= 11 is 0. The number of amides is 1. The van der Waals surface area contributed by atoms with Gasteiger partial charge < -0.3 is 10.6 Å². The second kappa shape index (κ2) is 11.3. The molecule has 0 fully saturated rings. The van der Waals surface area contributed by atoms with Crippen LogP contribution >= 0.6 is 24.8 Å². The summed E-state index contributed by atoms with van der Waals surface area (Å²) in [5, 5.41) is 5.95. The Kier molecular flexibility index (Phi) is 12.2. The highest BCUT2D eigenvalue weighted by Gasteiger charge is 2.13. The molecular weight excluding hydrogens is 273 g/mol. The molecule has 0 saturated carbocycles. The van der Waals surface area contributed by atoms with Gasteiger partial charge in [-0.25, -0.2) is 0 Å². The lowest BCUT2D eigenvalue weighted by Crippen LogP contribution is -2.30. The summed E-state index contributed by atoms with van der Waals surface area (Å²) in [5.41, 5.74) is 0.952. The average Bonchev–Trinajstić information content (AvgIpc) is 2.34. The molecule has 4 nitrogen and oxygen atoms in total. The third-order valence-corrected chi connectivity index (χ3v) is 2.48. The quantitative estimate of drug-likeness (QED) is 0.786. The molecule has 0 aliphatic rings. The van der Waals surface area contributed by atoms with Crippen LogP contribution in [0.4, 0.5) is 0 Å². The number of carbonyl (C=O) groups is 1. The molecule has 0 aliphatic heterocycles. The fourth-order valence-electron chi connectivity index (χ4n) is 1.41. The van der Waals surface area contributed by atoms with Gasteiger partial charge in [-0.05, 0) is 38.6 Å². The Labute approximate surface area is 121 Å². The molecule has 0 spiro atoms. The SMILES string of the molecule is CNCCCNC(=O)C(C)c1cccnc1.Cl.Cl. The van der Waals surface area contributed by atoms with E-state index in [0.29, 0.717) is 6.54 Å². The van der Waals surface area contributed by atoms with Crippen molar-refractivity contribution in [2.45, 2.75) is 19.3 Å². The van der Waals surface area contributed by atoms with Crippen LogP contribution in [0.5, 0.6) is 0 Å². The molecule has 2 N–H and O–H groups in total.